The van der Waals surface area contributed by atoms with Crippen molar-refractivity contribution in [2.75, 3.05) is 0 Å². The zero-order valence-corrected chi connectivity index (χ0v) is 16.1. The number of rotatable bonds is 4. The van der Waals surface area contributed by atoms with E-state index in [2.05, 4.69) is 39.2 Å². The Kier molecular flexibility index (Phi) is 4.53. The molecule has 2 aromatic carbocycles. The van der Waals surface area contributed by atoms with Gasteiger partial charge in [0.2, 0.25) is 0 Å². The number of aromatic nitrogens is 5. The summed E-state index contributed by atoms with van der Waals surface area (Å²) in [6, 6.07) is 15.5. The molecular weight excluding hydrogens is 358 g/mol. The SMILES string of the molecule is Cc1ccccc1-n1c(C)nnc1SC(C)c1nc2ccccc2c(=O)[nH]1. The summed E-state index contributed by atoms with van der Waals surface area (Å²) in [6.07, 6.45) is 0. The van der Waals surface area contributed by atoms with Crippen molar-refractivity contribution in [1.82, 2.24) is 24.7 Å². The highest BCUT2D eigenvalue weighted by molar-refractivity contribution is 7.99. The number of hydrogen-bond donors (Lipinski definition) is 1. The molecule has 1 N–H and O–H groups in total. The molecule has 27 heavy (non-hydrogen) atoms. The highest BCUT2D eigenvalue weighted by Gasteiger charge is 2.19. The van der Waals surface area contributed by atoms with Gasteiger partial charge in [-0.2, -0.15) is 0 Å². The Labute approximate surface area is 160 Å². The number of nitrogens with zero attached hydrogens (tertiary/aromatic N) is 4. The molecule has 2 aromatic heterocycles. The van der Waals surface area contributed by atoms with Crippen molar-refractivity contribution in [2.24, 2.45) is 0 Å². The van der Waals surface area contributed by atoms with Gasteiger partial charge in [-0.15, -0.1) is 10.2 Å². The van der Waals surface area contributed by atoms with Crippen LogP contribution >= 0.6 is 11.8 Å². The van der Waals surface area contributed by atoms with Crippen LogP contribution in [0.2, 0.25) is 0 Å². The van der Waals surface area contributed by atoms with Gasteiger partial charge in [-0.05, 0) is 44.5 Å². The van der Waals surface area contributed by atoms with Crippen LogP contribution in [0, 0.1) is 13.8 Å². The third-order valence-electron chi connectivity index (χ3n) is 4.45. The van der Waals surface area contributed by atoms with E-state index in [0.29, 0.717) is 16.7 Å². The summed E-state index contributed by atoms with van der Waals surface area (Å²) >= 11 is 1.52. The molecule has 0 radical (unpaired) electrons. The molecule has 0 aliphatic rings. The molecule has 4 aromatic rings. The van der Waals surface area contributed by atoms with Gasteiger partial charge in [0, 0.05) is 0 Å². The highest BCUT2D eigenvalue weighted by Crippen LogP contribution is 2.34. The molecule has 0 amide bonds. The van der Waals surface area contributed by atoms with E-state index in [-0.39, 0.29) is 10.8 Å². The van der Waals surface area contributed by atoms with Crippen LogP contribution in [-0.4, -0.2) is 24.7 Å². The Morgan fingerprint density at radius 1 is 1.04 bits per heavy atom. The van der Waals surface area contributed by atoms with Crippen LogP contribution in [-0.2, 0) is 0 Å². The maximum absolute atomic E-state index is 12.4. The van der Waals surface area contributed by atoms with Gasteiger partial charge in [0.25, 0.3) is 5.56 Å². The second kappa shape index (κ2) is 7.00. The van der Waals surface area contributed by atoms with Crippen LogP contribution in [0.4, 0.5) is 0 Å². The molecule has 6 nitrogen and oxygen atoms in total. The lowest BCUT2D eigenvalue weighted by molar-refractivity contribution is 0.846. The van der Waals surface area contributed by atoms with E-state index in [1.807, 2.05) is 48.7 Å². The molecule has 0 aliphatic carbocycles. The molecule has 0 saturated carbocycles. The fraction of sp³-hybridized carbons (Fsp3) is 0.200. The third-order valence-corrected chi connectivity index (χ3v) is 5.50. The van der Waals surface area contributed by atoms with Crippen molar-refractivity contribution >= 4 is 22.7 Å². The number of aryl methyl sites for hydroxylation is 2. The number of para-hydroxylation sites is 2. The number of hydrogen-bond acceptors (Lipinski definition) is 5. The molecule has 0 spiro atoms. The maximum atomic E-state index is 12.4. The van der Waals surface area contributed by atoms with Crippen LogP contribution in [0.25, 0.3) is 16.6 Å². The molecule has 4 rings (SSSR count). The molecular formula is C20H19N5OS. The molecule has 1 unspecified atom stereocenters. The number of aromatic amines is 1. The first-order chi connectivity index (χ1) is 13.0. The zero-order valence-electron chi connectivity index (χ0n) is 15.3. The van der Waals surface area contributed by atoms with Crippen LogP contribution in [0.3, 0.4) is 0 Å². The predicted molar refractivity (Wildman–Crippen MR) is 107 cm³/mol. The summed E-state index contributed by atoms with van der Waals surface area (Å²) in [4.78, 5) is 19.9. The van der Waals surface area contributed by atoms with Crippen LogP contribution in [0.15, 0.2) is 58.5 Å². The number of fused-ring (bicyclic) bond motifs is 1. The minimum absolute atomic E-state index is 0.0892. The van der Waals surface area contributed by atoms with E-state index in [1.165, 1.54) is 11.8 Å². The van der Waals surface area contributed by atoms with Crippen molar-refractivity contribution in [3.63, 3.8) is 0 Å². The topological polar surface area (TPSA) is 76.5 Å². The Bertz CT molecular complexity index is 1180. The average molecular weight is 377 g/mol. The molecule has 0 fully saturated rings. The van der Waals surface area contributed by atoms with Gasteiger partial charge in [-0.1, -0.05) is 42.1 Å². The Morgan fingerprint density at radius 3 is 2.59 bits per heavy atom. The molecule has 2 heterocycles. The highest BCUT2D eigenvalue weighted by atomic mass is 32.2. The van der Waals surface area contributed by atoms with Gasteiger partial charge in [0.1, 0.15) is 11.6 Å². The summed E-state index contributed by atoms with van der Waals surface area (Å²) in [5, 5.41) is 9.86. The summed E-state index contributed by atoms with van der Waals surface area (Å²) in [5.41, 5.74) is 2.77. The lowest BCUT2D eigenvalue weighted by Gasteiger charge is -2.14. The lowest BCUT2D eigenvalue weighted by Crippen LogP contribution is -2.13. The fourth-order valence-corrected chi connectivity index (χ4v) is 3.99. The van der Waals surface area contributed by atoms with Crippen molar-refractivity contribution in [2.45, 2.75) is 31.2 Å². The normalized spacial score (nSPS) is 12.4. The van der Waals surface area contributed by atoms with E-state index in [4.69, 9.17) is 0 Å². The van der Waals surface area contributed by atoms with E-state index >= 15 is 0 Å². The van der Waals surface area contributed by atoms with Crippen molar-refractivity contribution in [3.05, 3.63) is 76.1 Å². The van der Waals surface area contributed by atoms with E-state index in [1.54, 1.807) is 6.07 Å². The summed E-state index contributed by atoms with van der Waals surface area (Å²) in [7, 11) is 0. The van der Waals surface area contributed by atoms with Crippen molar-refractivity contribution in [1.29, 1.82) is 0 Å². The first-order valence-corrected chi connectivity index (χ1v) is 9.56. The van der Waals surface area contributed by atoms with Crippen LogP contribution in [0.5, 0.6) is 0 Å². The molecule has 7 heteroatoms. The smallest absolute Gasteiger partial charge is 0.258 e. The summed E-state index contributed by atoms with van der Waals surface area (Å²) in [5.74, 6) is 1.44. The zero-order chi connectivity index (χ0) is 19.0. The Morgan fingerprint density at radius 2 is 1.78 bits per heavy atom. The van der Waals surface area contributed by atoms with Crippen molar-refractivity contribution in [3.8, 4) is 5.69 Å². The Hall–Kier alpha value is -2.93. The number of thioether (sulfide) groups is 1. The third kappa shape index (κ3) is 3.26. The van der Waals surface area contributed by atoms with Gasteiger partial charge in [0.05, 0.1) is 21.8 Å². The van der Waals surface area contributed by atoms with E-state index in [9.17, 15) is 4.79 Å². The number of H-pyrrole nitrogens is 1. The monoisotopic (exact) mass is 377 g/mol. The second-order valence-corrected chi connectivity index (χ2v) is 7.69. The van der Waals surface area contributed by atoms with Gasteiger partial charge in [0.15, 0.2) is 5.16 Å². The Balaban J connectivity index is 1.72. The van der Waals surface area contributed by atoms with Gasteiger partial charge < -0.3 is 4.98 Å². The minimum Gasteiger partial charge on any atom is -0.309 e. The largest absolute Gasteiger partial charge is 0.309 e. The first kappa shape index (κ1) is 17.5. The average Bonchev–Trinajstić information content (AvgIpc) is 3.02. The predicted octanol–water partition coefficient (Wildman–Crippen LogP) is 3.97. The molecule has 0 saturated heterocycles. The lowest BCUT2D eigenvalue weighted by atomic mass is 10.2. The van der Waals surface area contributed by atoms with Gasteiger partial charge in [-0.3, -0.25) is 9.36 Å². The standard InChI is InChI=1S/C20H19N5OS/c1-12-8-4-7-11-17(12)25-14(3)23-24-20(25)27-13(2)18-21-16-10-6-5-9-15(16)19(26)22-18/h4-11,13H,1-3H3,(H,21,22,26). The molecule has 0 aliphatic heterocycles. The summed E-state index contributed by atoms with van der Waals surface area (Å²) in [6.45, 7) is 6.00. The van der Waals surface area contributed by atoms with Gasteiger partial charge >= 0.3 is 0 Å². The quantitative estimate of drug-likeness (QED) is 0.545. The maximum Gasteiger partial charge on any atom is 0.258 e. The van der Waals surface area contributed by atoms with Crippen LogP contribution in [0.1, 0.15) is 29.4 Å². The fourth-order valence-electron chi connectivity index (χ4n) is 3.02. The molecule has 1 atom stereocenters. The number of nitrogens with one attached hydrogen (secondary N) is 1. The molecule has 0 bridgehead atoms. The number of benzene rings is 2. The first-order valence-electron chi connectivity index (χ1n) is 8.68. The summed E-state index contributed by atoms with van der Waals surface area (Å²) < 4.78 is 2.04. The van der Waals surface area contributed by atoms with E-state index < -0.39 is 0 Å². The van der Waals surface area contributed by atoms with E-state index in [0.717, 1.165) is 22.2 Å². The second-order valence-electron chi connectivity index (χ2n) is 6.38. The minimum atomic E-state index is -0.125. The van der Waals surface area contributed by atoms with Gasteiger partial charge in [-0.25, -0.2) is 4.98 Å². The molecule has 136 valence electrons. The van der Waals surface area contributed by atoms with Crippen LogP contribution < -0.4 is 5.56 Å². The van der Waals surface area contributed by atoms with Crippen molar-refractivity contribution < 1.29 is 0 Å².